The minimum Gasteiger partial charge on any atom is -0.391 e. The molecule has 0 spiro atoms. The predicted molar refractivity (Wildman–Crippen MR) is 75.2 cm³/mol. The van der Waals surface area contributed by atoms with Gasteiger partial charge >= 0.3 is 0 Å². The Bertz CT molecular complexity index is 594. The fraction of sp³-hybridized carbons (Fsp3) is 0.333. The zero-order valence-corrected chi connectivity index (χ0v) is 11.1. The lowest BCUT2D eigenvalue weighted by atomic mass is 10.1. The fourth-order valence-corrected chi connectivity index (χ4v) is 2.50. The van der Waals surface area contributed by atoms with Gasteiger partial charge in [0.25, 0.3) is 5.91 Å². The lowest BCUT2D eigenvalue weighted by Crippen LogP contribution is -2.42. The molecule has 0 radical (unpaired) electrons. The molecule has 1 aliphatic heterocycles. The number of aliphatic hydroxyl groups is 1. The molecule has 1 saturated heterocycles. The molecule has 2 aromatic rings. The van der Waals surface area contributed by atoms with Crippen LogP contribution in [0.2, 0.25) is 0 Å². The van der Waals surface area contributed by atoms with Crippen LogP contribution in [-0.2, 0) is 0 Å². The molecular weight excluding hydrogens is 254 g/mol. The van der Waals surface area contributed by atoms with E-state index in [1.54, 1.807) is 11.0 Å². The average Bonchev–Trinajstić information content (AvgIpc) is 2.97. The van der Waals surface area contributed by atoms with Crippen LogP contribution in [0.1, 0.15) is 23.3 Å². The second-order valence-corrected chi connectivity index (χ2v) is 5.08. The zero-order chi connectivity index (χ0) is 13.9. The Morgan fingerprint density at radius 1 is 1.35 bits per heavy atom. The maximum Gasteiger partial charge on any atom is 0.271 e. The van der Waals surface area contributed by atoms with Crippen LogP contribution in [0.5, 0.6) is 0 Å². The first-order chi connectivity index (χ1) is 9.74. The Morgan fingerprint density at radius 3 is 2.90 bits per heavy atom. The third kappa shape index (κ3) is 2.58. The van der Waals surface area contributed by atoms with Gasteiger partial charge in [-0.1, -0.05) is 30.3 Å². The summed E-state index contributed by atoms with van der Waals surface area (Å²) < 4.78 is 0. The van der Waals surface area contributed by atoms with Gasteiger partial charge in [-0.3, -0.25) is 9.89 Å². The number of aromatic amines is 1. The molecule has 3 rings (SSSR count). The smallest absolute Gasteiger partial charge is 0.271 e. The van der Waals surface area contributed by atoms with Gasteiger partial charge in [-0.2, -0.15) is 5.10 Å². The van der Waals surface area contributed by atoms with E-state index >= 15 is 0 Å². The van der Waals surface area contributed by atoms with E-state index in [0.717, 1.165) is 24.1 Å². The molecule has 5 nitrogen and oxygen atoms in total. The van der Waals surface area contributed by atoms with Crippen LogP contribution >= 0.6 is 0 Å². The van der Waals surface area contributed by atoms with Gasteiger partial charge in [-0.15, -0.1) is 0 Å². The minimum absolute atomic E-state index is 0.0987. The summed E-state index contributed by atoms with van der Waals surface area (Å²) in [6, 6.07) is 11.5. The SMILES string of the molecule is O=C(c1cc(-c2ccccc2)n[nH]1)N1CCC[C@H](O)C1. The number of carbonyl (C=O) groups is 1. The first kappa shape index (κ1) is 12.9. The quantitative estimate of drug-likeness (QED) is 0.873. The summed E-state index contributed by atoms with van der Waals surface area (Å²) in [7, 11) is 0. The number of rotatable bonds is 2. The van der Waals surface area contributed by atoms with E-state index in [1.807, 2.05) is 30.3 Å². The normalized spacial score (nSPS) is 19.1. The van der Waals surface area contributed by atoms with Crippen molar-refractivity contribution >= 4 is 5.91 Å². The predicted octanol–water partition coefficient (Wildman–Crippen LogP) is 1.67. The van der Waals surface area contributed by atoms with E-state index in [-0.39, 0.29) is 5.91 Å². The summed E-state index contributed by atoms with van der Waals surface area (Å²) in [6.45, 7) is 1.09. The second-order valence-electron chi connectivity index (χ2n) is 5.08. The fourth-order valence-electron chi connectivity index (χ4n) is 2.50. The van der Waals surface area contributed by atoms with Crippen molar-refractivity contribution in [2.75, 3.05) is 13.1 Å². The van der Waals surface area contributed by atoms with E-state index in [1.165, 1.54) is 0 Å². The molecule has 1 aromatic carbocycles. The van der Waals surface area contributed by atoms with Crippen molar-refractivity contribution in [2.24, 2.45) is 0 Å². The largest absolute Gasteiger partial charge is 0.391 e. The number of hydrogen-bond acceptors (Lipinski definition) is 3. The van der Waals surface area contributed by atoms with Crippen molar-refractivity contribution in [1.29, 1.82) is 0 Å². The van der Waals surface area contributed by atoms with Crippen molar-refractivity contribution in [3.63, 3.8) is 0 Å². The summed E-state index contributed by atoms with van der Waals surface area (Å²) in [6.07, 6.45) is 1.19. The topological polar surface area (TPSA) is 69.2 Å². The monoisotopic (exact) mass is 271 g/mol. The van der Waals surface area contributed by atoms with Gasteiger partial charge in [-0.05, 0) is 18.9 Å². The van der Waals surface area contributed by atoms with Crippen LogP contribution in [-0.4, -0.2) is 45.3 Å². The van der Waals surface area contributed by atoms with Crippen LogP contribution in [0.25, 0.3) is 11.3 Å². The van der Waals surface area contributed by atoms with Gasteiger partial charge in [0.2, 0.25) is 0 Å². The molecule has 20 heavy (non-hydrogen) atoms. The summed E-state index contributed by atoms with van der Waals surface area (Å²) in [5.41, 5.74) is 2.20. The highest BCUT2D eigenvalue weighted by Gasteiger charge is 2.24. The summed E-state index contributed by atoms with van der Waals surface area (Å²) in [4.78, 5) is 14.0. The van der Waals surface area contributed by atoms with Crippen molar-refractivity contribution in [2.45, 2.75) is 18.9 Å². The molecule has 1 aliphatic rings. The molecule has 104 valence electrons. The number of likely N-dealkylation sites (tertiary alicyclic amines) is 1. The number of hydrogen-bond donors (Lipinski definition) is 2. The number of carbonyl (C=O) groups excluding carboxylic acids is 1. The first-order valence-electron chi connectivity index (χ1n) is 6.82. The Labute approximate surface area is 117 Å². The van der Waals surface area contributed by atoms with Gasteiger partial charge in [0.15, 0.2) is 0 Å². The van der Waals surface area contributed by atoms with Crippen molar-refractivity contribution in [3.8, 4) is 11.3 Å². The van der Waals surface area contributed by atoms with E-state index in [0.29, 0.717) is 18.8 Å². The highest BCUT2D eigenvalue weighted by Crippen LogP contribution is 2.19. The second kappa shape index (κ2) is 5.46. The van der Waals surface area contributed by atoms with Crippen molar-refractivity contribution in [1.82, 2.24) is 15.1 Å². The summed E-state index contributed by atoms with van der Waals surface area (Å²) in [5.74, 6) is -0.0987. The molecule has 0 unspecified atom stereocenters. The van der Waals surface area contributed by atoms with Crippen LogP contribution in [0.15, 0.2) is 36.4 Å². The van der Waals surface area contributed by atoms with Crippen LogP contribution < -0.4 is 0 Å². The van der Waals surface area contributed by atoms with E-state index in [2.05, 4.69) is 10.2 Å². The number of β-amino-alcohol motifs (C(OH)–C–C–N with tert-alkyl or cyclic N) is 1. The average molecular weight is 271 g/mol. The molecule has 2 heterocycles. The Morgan fingerprint density at radius 2 is 2.15 bits per heavy atom. The van der Waals surface area contributed by atoms with Crippen molar-refractivity contribution in [3.05, 3.63) is 42.1 Å². The van der Waals surface area contributed by atoms with E-state index < -0.39 is 6.10 Å². The summed E-state index contributed by atoms with van der Waals surface area (Å²) >= 11 is 0. The van der Waals surface area contributed by atoms with E-state index in [9.17, 15) is 9.90 Å². The molecule has 0 saturated carbocycles. The van der Waals surface area contributed by atoms with Gasteiger partial charge in [-0.25, -0.2) is 0 Å². The molecule has 1 fully saturated rings. The highest BCUT2D eigenvalue weighted by atomic mass is 16.3. The van der Waals surface area contributed by atoms with E-state index in [4.69, 9.17) is 0 Å². The molecule has 1 amide bonds. The molecule has 0 bridgehead atoms. The standard InChI is InChI=1S/C15H17N3O2/c19-12-7-4-8-18(10-12)15(20)14-9-13(16-17-14)11-5-2-1-3-6-11/h1-3,5-6,9,12,19H,4,7-8,10H2,(H,16,17)/t12-/m0/s1. The van der Waals surface area contributed by atoms with Crippen LogP contribution in [0, 0.1) is 0 Å². The minimum atomic E-state index is -0.413. The summed E-state index contributed by atoms with van der Waals surface area (Å²) in [5, 5.41) is 16.6. The maximum atomic E-state index is 12.3. The molecule has 2 N–H and O–H groups in total. The number of nitrogens with zero attached hydrogens (tertiary/aromatic N) is 2. The van der Waals surface area contributed by atoms with Gasteiger partial charge in [0.05, 0.1) is 11.8 Å². The third-order valence-electron chi connectivity index (χ3n) is 3.56. The van der Waals surface area contributed by atoms with Gasteiger partial charge in [0.1, 0.15) is 5.69 Å². The number of amides is 1. The molecule has 5 heteroatoms. The number of piperidine rings is 1. The number of aromatic nitrogens is 2. The number of nitrogens with one attached hydrogen (secondary N) is 1. The lowest BCUT2D eigenvalue weighted by molar-refractivity contribution is 0.0469. The van der Waals surface area contributed by atoms with Gasteiger partial charge < -0.3 is 10.0 Å². The van der Waals surface area contributed by atoms with Crippen LogP contribution in [0.3, 0.4) is 0 Å². The molecule has 1 atom stereocenters. The number of benzene rings is 1. The molecular formula is C15H17N3O2. The zero-order valence-electron chi connectivity index (χ0n) is 11.1. The molecule has 1 aromatic heterocycles. The number of H-pyrrole nitrogens is 1. The first-order valence-corrected chi connectivity index (χ1v) is 6.82. The number of aliphatic hydroxyl groups excluding tert-OH is 1. The van der Waals surface area contributed by atoms with Crippen LogP contribution in [0.4, 0.5) is 0 Å². The lowest BCUT2D eigenvalue weighted by Gasteiger charge is -2.29. The Hall–Kier alpha value is -2.14. The maximum absolute atomic E-state index is 12.3. The highest BCUT2D eigenvalue weighted by molar-refractivity contribution is 5.93. The van der Waals surface area contributed by atoms with Gasteiger partial charge in [0, 0.05) is 18.7 Å². The van der Waals surface area contributed by atoms with Crippen molar-refractivity contribution < 1.29 is 9.90 Å². The Balaban J connectivity index is 1.78. The third-order valence-corrected chi connectivity index (χ3v) is 3.56. The molecule has 0 aliphatic carbocycles. The Kier molecular flexibility index (Phi) is 3.52.